The molecular weight excluding hydrogens is 166 g/mol. The lowest BCUT2D eigenvalue weighted by molar-refractivity contribution is -0.521. The smallest absolute Gasteiger partial charge is 0.216 e. The number of rotatable bonds is 3. The second kappa shape index (κ2) is 4.03. The highest BCUT2D eigenvalue weighted by Gasteiger charge is 2.22. The van der Waals surface area contributed by atoms with Gasteiger partial charge in [0.05, 0.1) is 0 Å². The fourth-order valence-corrected chi connectivity index (χ4v) is 1.14. The molecule has 1 aromatic carbocycles. The second-order valence-corrected chi connectivity index (χ2v) is 3.03. The molecule has 0 aromatic heterocycles. The van der Waals surface area contributed by atoms with Gasteiger partial charge in [0.15, 0.2) is 0 Å². The van der Waals surface area contributed by atoms with Gasteiger partial charge < -0.3 is 0 Å². The molecule has 3 nitrogen and oxygen atoms in total. The molecule has 0 unspecified atom stereocenters. The molecule has 3 heteroatoms. The van der Waals surface area contributed by atoms with Crippen LogP contribution < -0.4 is 0 Å². The number of nitro groups is 1. The molecule has 0 aliphatic carbocycles. The summed E-state index contributed by atoms with van der Waals surface area (Å²) in [6.45, 7) is 3.02. The van der Waals surface area contributed by atoms with Crippen LogP contribution in [-0.2, 0) is 0 Å². The van der Waals surface area contributed by atoms with Gasteiger partial charge in [0, 0.05) is 17.8 Å². The van der Waals surface area contributed by atoms with Crippen LogP contribution in [0, 0.1) is 10.1 Å². The van der Waals surface area contributed by atoms with Crippen molar-refractivity contribution < 1.29 is 6.29 Å². The molecule has 1 rings (SSSR count). The van der Waals surface area contributed by atoms with E-state index >= 15 is 0 Å². The Bertz CT molecular complexity index is 324. The zero-order chi connectivity index (χ0) is 10.8. The van der Waals surface area contributed by atoms with Crippen LogP contribution in [0.25, 0.3) is 0 Å². The van der Waals surface area contributed by atoms with E-state index in [-0.39, 0.29) is 0 Å². The lowest BCUT2D eigenvalue weighted by Gasteiger charge is -2.12. The van der Waals surface area contributed by atoms with Crippen molar-refractivity contribution in [2.75, 3.05) is 0 Å². The van der Waals surface area contributed by atoms with Gasteiger partial charge in [-0.05, 0) is 5.56 Å². The molecule has 0 fully saturated rings. The lowest BCUT2D eigenvalue weighted by atomic mass is 9.95. The predicted molar refractivity (Wildman–Crippen MR) is 51.3 cm³/mol. The zero-order valence-corrected chi connectivity index (χ0v) is 7.73. The number of hydrogen-bond donors (Lipinski definition) is 0. The summed E-state index contributed by atoms with van der Waals surface area (Å²) in [5.74, 6) is -0.418. The van der Waals surface area contributed by atoms with Gasteiger partial charge in [-0.25, -0.2) is 0 Å². The Labute approximate surface area is 78.9 Å². The van der Waals surface area contributed by atoms with E-state index in [0.717, 1.165) is 5.56 Å². The Kier molecular flexibility index (Phi) is 2.55. The molecule has 0 radical (unpaired) electrons. The fraction of sp³-hybridized carbons (Fsp3) is 0.400. The number of hydrogen-bond acceptors (Lipinski definition) is 2. The van der Waals surface area contributed by atoms with E-state index in [1.54, 1.807) is 19.1 Å². The minimum absolute atomic E-state index is 0.418. The van der Waals surface area contributed by atoms with Crippen LogP contribution in [0.1, 0.15) is 26.7 Å². The lowest BCUT2D eigenvalue weighted by Crippen LogP contribution is -2.21. The molecule has 0 aliphatic heterocycles. The molecule has 0 spiro atoms. The average molecular weight is 180 g/mol. The predicted octanol–water partition coefficient (Wildman–Crippen LogP) is 2.46. The Balaban J connectivity index is 2.96. The van der Waals surface area contributed by atoms with E-state index in [9.17, 15) is 10.1 Å². The molecule has 70 valence electrons. The van der Waals surface area contributed by atoms with E-state index in [1.165, 1.54) is 6.92 Å². The van der Waals surface area contributed by atoms with E-state index in [2.05, 4.69) is 0 Å². The molecule has 0 saturated heterocycles. The van der Waals surface area contributed by atoms with E-state index in [0.29, 0.717) is 0 Å². The molecule has 0 aliphatic rings. The van der Waals surface area contributed by atoms with Gasteiger partial charge in [-0.1, -0.05) is 37.3 Å². The van der Waals surface area contributed by atoms with Gasteiger partial charge in [0.1, 0.15) is 1.37 Å². The van der Waals surface area contributed by atoms with Gasteiger partial charge in [-0.15, -0.1) is 0 Å². The van der Waals surface area contributed by atoms with Crippen molar-refractivity contribution in [1.82, 2.24) is 0 Å². The van der Waals surface area contributed by atoms with Gasteiger partial charge >= 0.3 is 0 Å². The van der Waals surface area contributed by atoms with Crippen molar-refractivity contribution in [2.45, 2.75) is 25.8 Å². The first kappa shape index (κ1) is 8.23. The average Bonchev–Trinajstić information content (AvgIpc) is 2.17. The highest BCUT2D eigenvalue weighted by atomic mass is 16.6. The normalized spacial score (nSPS) is 18.5. The summed E-state index contributed by atoms with van der Waals surface area (Å²) in [6.07, 6.45) is 0. The second-order valence-electron chi connectivity index (χ2n) is 3.03. The summed E-state index contributed by atoms with van der Waals surface area (Å²) < 4.78 is 7.63. The van der Waals surface area contributed by atoms with Gasteiger partial charge in [0.25, 0.3) is 0 Å². The Morgan fingerprint density at radius 1 is 1.38 bits per heavy atom. The molecule has 1 aromatic rings. The SMILES string of the molecule is [2H][C@@](C)([C@H](C)c1ccccc1)[N+](=O)[O-]. The molecule has 13 heavy (non-hydrogen) atoms. The standard InChI is InChI=1S/C10H13NO2/c1-8(9(2)11(12)13)10-6-4-3-5-7-10/h3-9H,1-2H3/t8-,9+/m0/s1/i9D. The van der Waals surface area contributed by atoms with Crippen LogP contribution in [-0.4, -0.2) is 10.9 Å². The molecule has 0 N–H and O–H groups in total. The summed E-state index contributed by atoms with van der Waals surface area (Å²) in [6, 6.07) is 7.44. The van der Waals surface area contributed by atoms with Crippen LogP contribution in [0.2, 0.25) is 0 Å². The topological polar surface area (TPSA) is 43.1 Å². The first-order chi connectivity index (χ1) is 6.46. The van der Waals surface area contributed by atoms with E-state index < -0.39 is 16.9 Å². The third-order valence-corrected chi connectivity index (χ3v) is 2.21. The zero-order valence-electron chi connectivity index (χ0n) is 8.73. The number of nitrogens with zero attached hydrogens (tertiary/aromatic N) is 1. The van der Waals surface area contributed by atoms with Crippen LogP contribution in [0.5, 0.6) is 0 Å². The molecule has 0 bridgehead atoms. The monoisotopic (exact) mass is 180 g/mol. The van der Waals surface area contributed by atoms with Crippen molar-refractivity contribution >= 4 is 0 Å². The maximum Gasteiger partial charge on any atom is 0.216 e. The third kappa shape index (κ3) is 2.28. The Morgan fingerprint density at radius 3 is 2.38 bits per heavy atom. The maximum absolute atomic E-state index is 10.7. The van der Waals surface area contributed by atoms with Crippen LogP contribution in [0.4, 0.5) is 0 Å². The minimum atomic E-state index is -1.67. The largest absolute Gasteiger partial charge is 0.264 e. The minimum Gasteiger partial charge on any atom is -0.264 e. The van der Waals surface area contributed by atoms with Gasteiger partial charge in [-0.2, -0.15) is 0 Å². The van der Waals surface area contributed by atoms with Gasteiger partial charge in [0.2, 0.25) is 6.02 Å². The highest BCUT2D eigenvalue weighted by Crippen LogP contribution is 2.19. The van der Waals surface area contributed by atoms with Crippen molar-refractivity contribution in [3.8, 4) is 0 Å². The van der Waals surface area contributed by atoms with Crippen molar-refractivity contribution in [2.24, 2.45) is 0 Å². The Hall–Kier alpha value is -1.38. The Morgan fingerprint density at radius 2 is 1.92 bits per heavy atom. The summed E-state index contributed by atoms with van der Waals surface area (Å²) in [5, 5.41) is 10.7. The highest BCUT2D eigenvalue weighted by molar-refractivity contribution is 5.19. The summed E-state index contributed by atoms with van der Waals surface area (Å²) in [4.78, 5) is 10.1. The number of benzene rings is 1. The van der Waals surface area contributed by atoms with E-state index in [4.69, 9.17) is 1.37 Å². The summed E-state index contributed by atoms with van der Waals surface area (Å²) in [5.41, 5.74) is 0.821. The molecule has 0 amide bonds. The van der Waals surface area contributed by atoms with Crippen LogP contribution >= 0.6 is 0 Å². The quantitative estimate of drug-likeness (QED) is 0.529. The molecule has 2 atom stereocenters. The van der Waals surface area contributed by atoms with Crippen LogP contribution in [0.15, 0.2) is 30.3 Å². The third-order valence-electron chi connectivity index (χ3n) is 2.21. The van der Waals surface area contributed by atoms with Crippen molar-refractivity contribution in [3.63, 3.8) is 0 Å². The summed E-state index contributed by atoms with van der Waals surface area (Å²) >= 11 is 0. The van der Waals surface area contributed by atoms with Crippen molar-refractivity contribution in [1.29, 1.82) is 0 Å². The molecule has 0 heterocycles. The van der Waals surface area contributed by atoms with E-state index in [1.807, 2.05) is 18.2 Å². The first-order valence-corrected chi connectivity index (χ1v) is 4.15. The summed E-state index contributed by atoms with van der Waals surface area (Å²) in [7, 11) is 0. The first-order valence-electron chi connectivity index (χ1n) is 4.65. The fourth-order valence-electron chi connectivity index (χ4n) is 1.14. The molecular formula is C10H13NO2. The molecule has 0 saturated carbocycles. The van der Waals surface area contributed by atoms with Crippen molar-refractivity contribution in [3.05, 3.63) is 46.0 Å². The van der Waals surface area contributed by atoms with Crippen LogP contribution in [0.3, 0.4) is 0 Å². The maximum atomic E-state index is 10.7. The van der Waals surface area contributed by atoms with Gasteiger partial charge in [-0.3, -0.25) is 10.1 Å².